The van der Waals surface area contributed by atoms with Gasteiger partial charge in [0, 0.05) is 12.7 Å². The van der Waals surface area contributed by atoms with Gasteiger partial charge in [-0.15, -0.1) is 0 Å². The Labute approximate surface area is 433 Å². The quantitative estimate of drug-likeness (QED) is 0.0872. The molecule has 7 aromatic carbocycles. The minimum absolute atomic E-state index is 0.145. The van der Waals surface area contributed by atoms with Crippen LogP contribution in [-0.4, -0.2) is 88.2 Å². The summed E-state index contributed by atoms with van der Waals surface area (Å²) in [5.74, 6) is 0. The molecule has 0 radical (unpaired) electrons. The Morgan fingerprint density at radius 2 is 0.919 bits per heavy atom. The van der Waals surface area contributed by atoms with E-state index in [-0.39, 0.29) is 6.61 Å². The van der Waals surface area contributed by atoms with E-state index in [2.05, 4.69) is 84.9 Å². The highest BCUT2D eigenvalue weighted by Gasteiger charge is 2.64. The summed E-state index contributed by atoms with van der Waals surface area (Å²) in [6.07, 6.45) is -6.66. The van der Waals surface area contributed by atoms with Crippen molar-refractivity contribution in [3.8, 4) is 0 Å². The van der Waals surface area contributed by atoms with Crippen molar-refractivity contribution in [2.75, 3.05) is 26.9 Å². The number of hydrogen-bond acceptors (Lipinski definition) is 11. The van der Waals surface area contributed by atoms with Crippen LogP contribution in [0.5, 0.6) is 0 Å². The van der Waals surface area contributed by atoms with E-state index in [0.717, 1.165) is 50.1 Å². The molecule has 1 spiro atoms. The highest BCUT2D eigenvalue weighted by molar-refractivity contribution is 5.58. The Bertz CT molecular complexity index is 2830. The molecule has 0 aromatic heterocycles. The van der Waals surface area contributed by atoms with Crippen LogP contribution in [0.1, 0.15) is 62.5 Å². The Morgan fingerprint density at radius 1 is 0.446 bits per heavy atom. The minimum Gasteiger partial charge on any atom is -0.371 e. The van der Waals surface area contributed by atoms with Crippen molar-refractivity contribution < 1.29 is 52.1 Å². The second-order valence-electron chi connectivity index (χ2n) is 19.7. The number of ether oxygens (including phenoxy) is 11. The first kappa shape index (κ1) is 49.0. The lowest BCUT2D eigenvalue weighted by molar-refractivity contribution is -0.331. The third kappa shape index (κ3) is 9.91. The van der Waals surface area contributed by atoms with Crippen LogP contribution in [0, 0.1) is 0 Å². The first-order chi connectivity index (χ1) is 36.6. The molecule has 11 atom stereocenters. The molecule has 4 aliphatic heterocycles. The summed E-state index contributed by atoms with van der Waals surface area (Å²) in [6.45, 7) is 2.20. The molecule has 4 fully saturated rings. The molecule has 74 heavy (non-hydrogen) atoms. The van der Waals surface area contributed by atoms with Crippen molar-refractivity contribution in [3.63, 3.8) is 0 Å². The van der Waals surface area contributed by atoms with Crippen molar-refractivity contribution in [3.05, 3.63) is 250 Å². The summed E-state index contributed by atoms with van der Waals surface area (Å²) in [5.41, 5.74) is 8.54. The number of methoxy groups -OCH3 is 1. The lowest BCUT2D eigenvalue weighted by atomic mass is 9.62. The lowest BCUT2D eigenvalue weighted by Gasteiger charge is -2.51. The number of fused-ring (bicyclic) bond motifs is 7. The van der Waals surface area contributed by atoms with E-state index in [9.17, 15) is 0 Å². The van der Waals surface area contributed by atoms with Gasteiger partial charge in [-0.05, 0) is 44.5 Å². The second kappa shape index (κ2) is 22.5. The predicted molar refractivity (Wildman–Crippen MR) is 276 cm³/mol. The summed E-state index contributed by atoms with van der Waals surface area (Å²) < 4.78 is 75.8. The third-order valence-corrected chi connectivity index (χ3v) is 15.2. The SMILES string of the molecule is CO[C@H]1O[C@H](COC2c3ccccc3C3(CO[C@@H]4[C@@H](OCc5ccccc5)[C@@H]5O[C@H](c6ccccc6)OC[C@H]5O[C@H]43)c3ccccc32)[C@@H](OCc2ccccc2)[C@H](OCc2ccccc2)[C@H]1OCc1ccccc1. The normalized spacial score (nSPS) is 30.0. The maximum Gasteiger partial charge on any atom is 0.186 e. The third-order valence-electron chi connectivity index (χ3n) is 15.2. The molecule has 0 saturated carbocycles. The average Bonchev–Trinajstić information content (AvgIpc) is 3.91. The van der Waals surface area contributed by atoms with Crippen molar-refractivity contribution in [2.45, 2.75) is 105 Å². The fraction of sp³-hybridized carbons (Fsp3) is 0.333. The Hall–Kier alpha value is -5.90. The van der Waals surface area contributed by atoms with Gasteiger partial charge in [0.15, 0.2) is 12.6 Å². The molecule has 0 N–H and O–H groups in total. The molecule has 4 saturated heterocycles. The summed E-state index contributed by atoms with van der Waals surface area (Å²) in [5, 5.41) is 0. The molecule has 380 valence electrons. The van der Waals surface area contributed by atoms with Crippen LogP contribution < -0.4 is 0 Å². The summed E-state index contributed by atoms with van der Waals surface area (Å²) in [6, 6.07) is 67.8. The minimum atomic E-state index is -0.800. The van der Waals surface area contributed by atoms with Crippen LogP contribution in [0.15, 0.2) is 200 Å². The van der Waals surface area contributed by atoms with E-state index in [4.69, 9.17) is 52.1 Å². The zero-order chi connectivity index (χ0) is 49.7. The first-order valence-corrected chi connectivity index (χ1v) is 25.8. The van der Waals surface area contributed by atoms with Crippen LogP contribution in [0.25, 0.3) is 0 Å². The topological polar surface area (TPSA) is 102 Å². The van der Waals surface area contributed by atoms with Gasteiger partial charge in [-0.25, -0.2) is 0 Å². The van der Waals surface area contributed by atoms with E-state index < -0.39 is 79.0 Å². The largest absolute Gasteiger partial charge is 0.371 e. The van der Waals surface area contributed by atoms with E-state index in [1.165, 1.54) is 0 Å². The Kier molecular flexibility index (Phi) is 14.9. The van der Waals surface area contributed by atoms with Crippen molar-refractivity contribution >= 4 is 0 Å². The highest BCUT2D eigenvalue weighted by Crippen LogP contribution is 2.56. The fourth-order valence-electron chi connectivity index (χ4n) is 11.7. The molecule has 0 amide bonds. The predicted octanol–water partition coefficient (Wildman–Crippen LogP) is 10.4. The van der Waals surface area contributed by atoms with Crippen molar-refractivity contribution in [1.82, 2.24) is 0 Å². The van der Waals surface area contributed by atoms with E-state index in [1.807, 2.05) is 115 Å². The first-order valence-electron chi connectivity index (χ1n) is 25.8. The van der Waals surface area contributed by atoms with Gasteiger partial charge in [-0.3, -0.25) is 0 Å². The van der Waals surface area contributed by atoms with Gasteiger partial charge in [0.1, 0.15) is 61.0 Å². The van der Waals surface area contributed by atoms with Crippen LogP contribution >= 0.6 is 0 Å². The molecule has 7 aromatic rings. The molecule has 0 unspecified atom stereocenters. The Balaban J connectivity index is 0.865. The fourth-order valence-corrected chi connectivity index (χ4v) is 11.7. The second-order valence-corrected chi connectivity index (χ2v) is 19.7. The summed E-state index contributed by atoms with van der Waals surface area (Å²) in [4.78, 5) is 0. The van der Waals surface area contributed by atoms with Crippen LogP contribution in [-0.2, 0) is 83.9 Å². The van der Waals surface area contributed by atoms with Crippen LogP contribution in [0.4, 0.5) is 0 Å². The van der Waals surface area contributed by atoms with E-state index >= 15 is 0 Å². The molecular formula is C63H62O11. The zero-order valence-electron chi connectivity index (χ0n) is 41.4. The standard InChI is InChI=1S/C63H62O11/c1-64-62-59(68-38-45-27-13-5-14-28-45)56(66-36-43-23-9-3-10-24-43)54(65-35-42-21-7-2-8-22-42)51(73-62)39-69-53-47-31-17-19-33-49(47)63(50-34-20-18-32-48(50)53)41-71-58-57(67-37-44-25-11-4-12-26-44)55-52(72-60(58)63)40-70-61(74-55)46-29-15-6-16-30-46/h2-34,51-62H,35-41H2,1H3/t51-,52-,53?,54-,55-,56+,57+,58-,59-,60-,61-,62+,63?/m1/s1. The van der Waals surface area contributed by atoms with Gasteiger partial charge in [0.25, 0.3) is 0 Å². The van der Waals surface area contributed by atoms with Gasteiger partial charge >= 0.3 is 0 Å². The van der Waals surface area contributed by atoms with Crippen molar-refractivity contribution in [2.24, 2.45) is 0 Å². The van der Waals surface area contributed by atoms with E-state index in [0.29, 0.717) is 39.6 Å². The molecule has 0 bridgehead atoms. The highest BCUT2D eigenvalue weighted by atomic mass is 16.7. The van der Waals surface area contributed by atoms with Crippen LogP contribution in [0.3, 0.4) is 0 Å². The zero-order valence-corrected chi connectivity index (χ0v) is 41.4. The van der Waals surface area contributed by atoms with Gasteiger partial charge in [-0.1, -0.05) is 200 Å². The Morgan fingerprint density at radius 3 is 1.46 bits per heavy atom. The number of rotatable bonds is 17. The molecule has 1 aliphatic carbocycles. The van der Waals surface area contributed by atoms with E-state index in [1.54, 1.807) is 7.11 Å². The molecule has 11 nitrogen and oxygen atoms in total. The monoisotopic (exact) mass is 994 g/mol. The lowest BCUT2D eigenvalue weighted by Crippen LogP contribution is -2.64. The van der Waals surface area contributed by atoms with Crippen LogP contribution in [0.2, 0.25) is 0 Å². The van der Waals surface area contributed by atoms with Gasteiger partial charge in [-0.2, -0.15) is 0 Å². The van der Waals surface area contributed by atoms with Gasteiger partial charge in [0.2, 0.25) is 0 Å². The molecular weight excluding hydrogens is 933 g/mol. The number of hydrogen-bond donors (Lipinski definition) is 0. The molecule has 5 aliphatic rings. The maximum absolute atomic E-state index is 7.33. The van der Waals surface area contributed by atoms with Gasteiger partial charge in [0.05, 0.1) is 51.7 Å². The smallest absolute Gasteiger partial charge is 0.186 e. The summed E-state index contributed by atoms with van der Waals surface area (Å²) >= 11 is 0. The average molecular weight is 995 g/mol. The molecule has 11 heteroatoms. The molecule has 12 rings (SSSR count). The number of benzene rings is 7. The van der Waals surface area contributed by atoms with Crippen molar-refractivity contribution in [1.29, 1.82) is 0 Å². The molecule has 4 heterocycles. The summed E-state index contributed by atoms with van der Waals surface area (Å²) in [7, 11) is 1.64. The maximum atomic E-state index is 7.33. The van der Waals surface area contributed by atoms with Gasteiger partial charge < -0.3 is 52.1 Å².